The lowest BCUT2D eigenvalue weighted by Gasteiger charge is -2.10. The van der Waals surface area contributed by atoms with E-state index in [0.717, 1.165) is 5.69 Å². The molecule has 0 radical (unpaired) electrons. The summed E-state index contributed by atoms with van der Waals surface area (Å²) in [5.41, 5.74) is 0.734. The molecule has 0 bridgehead atoms. The number of amides is 1. The van der Waals surface area contributed by atoms with Gasteiger partial charge in [-0.15, -0.1) is 0 Å². The fourth-order valence-electron chi connectivity index (χ4n) is 1.39. The Labute approximate surface area is 119 Å². The number of nitrogens with one attached hydrogen (secondary N) is 1. The van der Waals surface area contributed by atoms with Crippen LogP contribution in [0, 0.1) is 0 Å². The van der Waals surface area contributed by atoms with Gasteiger partial charge in [-0.3, -0.25) is 4.79 Å². The van der Waals surface area contributed by atoms with Crippen LogP contribution in [0.25, 0.3) is 0 Å². The number of nitrogens with zero attached hydrogens (tertiary/aromatic N) is 3. The molecule has 100 valence electrons. The van der Waals surface area contributed by atoms with Gasteiger partial charge >= 0.3 is 0 Å². The van der Waals surface area contributed by atoms with Gasteiger partial charge in [0.2, 0.25) is 5.95 Å². The van der Waals surface area contributed by atoms with Crippen molar-refractivity contribution in [2.75, 3.05) is 19.0 Å². The number of furan rings is 1. The van der Waals surface area contributed by atoms with Crippen LogP contribution in [0.2, 0.25) is 0 Å². The third kappa shape index (κ3) is 3.54. The van der Waals surface area contributed by atoms with E-state index < -0.39 is 0 Å². The van der Waals surface area contributed by atoms with Crippen LogP contribution >= 0.6 is 15.9 Å². The number of carbonyl (C=O) groups excluding carboxylic acids is 1. The minimum Gasteiger partial charge on any atom is -0.444 e. The Morgan fingerprint density at radius 2 is 2.21 bits per heavy atom. The van der Waals surface area contributed by atoms with Crippen molar-refractivity contribution in [1.82, 2.24) is 15.3 Å². The summed E-state index contributed by atoms with van der Waals surface area (Å²) in [4.78, 5) is 22.0. The molecule has 2 aromatic heterocycles. The molecule has 6 nitrogen and oxygen atoms in total. The van der Waals surface area contributed by atoms with E-state index in [4.69, 9.17) is 4.42 Å². The first-order valence-electron chi connectivity index (χ1n) is 5.59. The van der Waals surface area contributed by atoms with E-state index in [2.05, 4.69) is 31.2 Å². The average molecular weight is 325 g/mol. The first kappa shape index (κ1) is 13.5. The Hall–Kier alpha value is -1.89. The van der Waals surface area contributed by atoms with Crippen molar-refractivity contribution in [2.24, 2.45) is 0 Å². The summed E-state index contributed by atoms with van der Waals surface area (Å²) in [7, 11) is 3.72. The molecular weight excluding hydrogens is 312 g/mol. The van der Waals surface area contributed by atoms with Gasteiger partial charge in [-0.1, -0.05) is 0 Å². The molecule has 2 aromatic rings. The number of aromatic nitrogens is 2. The SMILES string of the molecule is CN(C)c1nccc(CNC(=O)c2ccc(Br)o2)n1. The van der Waals surface area contributed by atoms with Gasteiger partial charge in [0.25, 0.3) is 5.91 Å². The predicted molar refractivity (Wildman–Crippen MR) is 73.9 cm³/mol. The number of hydrogen-bond donors (Lipinski definition) is 1. The number of hydrogen-bond acceptors (Lipinski definition) is 5. The van der Waals surface area contributed by atoms with Crippen LogP contribution in [-0.2, 0) is 6.54 Å². The monoisotopic (exact) mass is 324 g/mol. The van der Waals surface area contributed by atoms with Crippen molar-refractivity contribution in [3.8, 4) is 0 Å². The second kappa shape index (κ2) is 5.83. The normalized spacial score (nSPS) is 10.3. The maximum atomic E-state index is 11.8. The van der Waals surface area contributed by atoms with Gasteiger partial charge in [-0.25, -0.2) is 9.97 Å². The molecule has 0 saturated carbocycles. The van der Waals surface area contributed by atoms with Crippen LogP contribution in [-0.4, -0.2) is 30.0 Å². The zero-order valence-corrected chi connectivity index (χ0v) is 12.1. The zero-order chi connectivity index (χ0) is 13.8. The Balaban J connectivity index is 1.99. The minimum absolute atomic E-state index is 0.258. The van der Waals surface area contributed by atoms with Gasteiger partial charge < -0.3 is 14.6 Å². The number of halogens is 1. The standard InChI is InChI=1S/C12H13BrN4O2/c1-17(2)12-14-6-5-8(16-12)7-15-11(18)9-3-4-10(13)19-9/h3-6H,7H2,1-2H3,(H,15,18). The lowest BCUT2D eigenvalue weighted by molar-refractivity contribution is 0.0921. The van der Waals surface area contributed by atoms with Crippen molar-refractivity contribution in [3.63, 3.8) is 0 Å². The minimum atomic E-state index is -0.282. The topological polar surface area (TPSA) is 71.3 Å². The number of anilines is 1. The van der Waals surface area contributed by atoms with E-state index in [1.165, 1.54) is 0 Å². The fourth-order valence-corrected chi connectivity index (χ4v) is 1.70. The Morgan fingerprint density at radius 3 is 2.84 bits per heavy atom. The average Bonchev–Trinajstić information content (AvgIpc) is 2.83. The van der Waals surface area contributed by atoms with Crippen LogP contribution in [0.5, 0.6) is 0 Å². The molecule has 19 heavy (non-hydrogen) atoms. The molecule has 2 rings (SSSR count). The van der Waals surface area contributed by atoms with Gasteiger partial charge in [-0.2, -0.15) is 0 Å². The third-order valence-electron chi connectivity index (χ3n) is 2.33. The Bertz CT molecular complexity index is 583. The molecule has 0 aliphatic rings. The Kier molecular flexibility index (Phi) is 4.16. The predicted octanol–water partition coefficient (Wildman–Crippen LogP) is 1.83. The van der Waals surface area contributed by atoms with Crippen LogP contribution in [0.1, 0.15) is 16.2 Å². The number of rotatable bonds is 4. The molecule has 0 aliphatic heterocycles. The molecule has 7 heteroatoms. The molecule has 1 amide bonds. The molecule has 0 unspecified atom stereocenters. The lowest BCUT2D eigenvalue weighted by Crippen LogP contribution is -2.23. The molecule has 0 aliphatic carbocycles. The lowest BCUT2D eigenvalue weighted by atomic mass is 10.3. The molecule has 0 spiro atoms. The summed E-state index contributed by atoms with van der Waals surface area (Å²) in [6.45, 7) is 0.320. The summed E-state index contributed by atoms with van der Waals surface area (Å²) in [6, 6.07) is 5.03. The van der Waals surface area contributed by atoms with Gasteiger partial charge in [0.05, 0.1) is 12.2 Å². The van der Waals surface area contributed by atoms with E-state index in [0.29, 0.717) is 17.2 Å². The molecule has 1 N–H and O–H groups in total. The molecule has 0 atom stereocenters. The van der Waals surface area contributed by atoms with E-state index in [1.807, 2.05) is 14.1 Å². The van der Waals surface area contributed by atoms with Crippen molar-refractivity contribution in [3.05, 3.63) is 40.5 Å². The van der Waals surface area contributed by atoms with E-state index in [-0.39, 0.29) is 11.7 Å². The second-order valence-electron chi connectivity index (χ2n) is 4.03. The highest BCUT2D eigenvalue weighted by Crippen LogP contribution is 2.13. The van der Waals surface area contributed by atoms with Gasteiger partial charge in [0.1, 0.15) is 0 Å². The van der Waals surface area contributed by atoms with E-state index in [1.54, 1.807) is 29.3 Å². The van der Waals surface area contributed by atoms with Gasteiger partial charge in [-0.05, 0) is 34.1 Å². The smallest absolute Gasteiger partial charge is 0.287 e. The molecule has 0 saturated heterocycles. The molecular formula is C12H13BrN4O2. The first-order valence-corrected chi connectivity index (χ1v) is 6.38. The third-order valence-corrected chi connectivity index (χ3v) is 2.75. The highest BCUT2D eigenvalue weighted by atomic mass is 79.9. The maximum Gasteiger partial charge on any atom is 0.287 e. The van der Waals surface area contributed by atoms with Gasteiger partial charge in [0.15, 0.2) is 10.4 Å². The molecule has 0 fully saturated rings. The van der Waals surface area contributed by atoms with Gasteiger partial charge in [0, 0.05) is 20.3 Å². The van der Waals surface area contributed by atoms with Crippen LogP contribution in [0.3, 0.4) is 0 Å². The van der Waals surface area contributed by atoms with Crippen LogP contribution < -0.4 is 10.2 Å². The van der Waals surface area contributed by atoms with E-state index >= 15 is 0 Å². The van der Waals surface area contributed by atoms with E-state index in [9.17, 15) is 4.79 Å². The largest absolute Gasteiger partial charge is 0.444 e. The summed E-state index contributed by atoms with van der Waals surface area (Å²) >= 11 is 3.15. The van der Waals surface area contributed by atoms with Crippen molar-refractivity contribution < 1.29 is 9.21 Å². The zero-order valence-electron chi connectivity index (χ0n) is 10.6. The fraction of sp³-hybridized carbons (Fsp3) is 0.250. The van der Waals surface area contributed by atoms with Crippen molar-refractivity contribution in [2.45, 2.75) is 6.54 Å². The Morgan fingerprint density at radius 1 is 1.42 bits per heavy atom. The summed E-state index contributed by atoms with van der Waals surface area (Å²) in [5, 5.41) is 2.73. The summed E-state index contributed by atoms with van der Waals surface area (Å²) in [5.74, 6) is 0.581. The summed E-state index contributed by atoms with van der Waals surface area (Å²) < 4.78 is 5.68. The van der Waals surface area contributed by atoms with Crippen molar-refractivity contribution in [1.29, 1.82) is 0 Å². The quantitative estimate of drug-likeness (QED) is 0.929. The number of carbonyl (C=O) groups is 1. The molecule has 2 heterocycles. The maximum absolute atomic E-state index is 11.8. The van der Waals surface area contributed by atoms with Crippen molar-refractivity contribution >= 4 is 27.8 Å². The molecule has 0 aromatic carbocycles. The van der Waals surface area contributed by atoms with Crippen LogP contribution in [0.15, 0.2) is 33.5 Å². The summed E-state index contributed by atoms with van der Waals surface area (Å²) in [6.07, 6.45) is 1.66. The highest BCUT2D eigenvalue weighted by Gasteiger charge is 2.10. The first-order chi connectivity index (χ1) is 9.06. The highest BCUT2D eigenvalue weighted by molar-refractivity contribution is 9.10. The second-order valence-corrected chi connectivity index (χ2v) is 4.81. The van der Waals surface area contributed by atoms with Crippen LogP contribution in [0.4, 0.5) is 5.95 Å².